The number of piperazine rings is 1. The zero-order valence-corrected chi connectivity index (χ0v) is 49.5. The lowest BCUT2D eigenvalue weighted by atomic mass is 9.82. The number of likely N-dealkylation sites (N-methyl/N-ethyl adjacent to an activating group) is 1. The summed E-state index contributed by atoms with van der Waals surface area (Å²) in [6.45, 7) is 14.1. The Kier molecular flexibility index (Phi) is 17.6. The molecule has 1 aromatic heterocycles. The molecule has 7 heterocycles. The van der Waals surface area contributed by atoms with Gasteiger partial charge < -0.3 is 51.1 Å². The quantitative estimate of drug-likeness (QED) is 0.119. The highest BCUT2D eigenvalue weighted by molar-refractivity contribution is 5.94. The van der Waals surface area contributed by atoms with Gasteiger partial charge in [0.05, 0.1) is 29.9 Å². The van der Waals surface area contributed by atoms with Gasteiger partial charge in [0.2, 0.25) is 29.5 Å². The van der Waals surface area contributed by atoms with E-state index < -0.39 is 41.3 Å². The average Bonchev–Trinajstić information content (AvgIpc) is 4.39. The molecule has 0 bridgehead atoms. The first-order valence-corrected chi connectivity index (χ1v) is 31.2. The van der Waals surface area contributed by atoms with Gasteiger partial charge in [-0.15, -0.1) is 0 Å². The summed E-state index contributed by atoms with van der Waals surface area (Å²) in [5.74, 6) is -0.349. The summed E-state index contributed by atoms with van der Waals surface area (Å²) < 4.78 is 31.5. The van der Waals surface area contributed by atoms with Gasteiger partial charge in [-0.2, -0.15) is 0 Å². The van der Waals surface area contributed by atoms with Crippen LogP contribution < -0.4 is 41.3 Å². The van der Waals surface area contributed by atoms with Crippen molar-refractivity contribution < 1.29 is 32.8 Å². The van der Waals surface area contributed by atoms with E-state index in [1.54, 1.807) is 30.1 Å². The second-order valence-electron chi connectivity index (χ2n) is 26.7. The van der Waals surface area contributed by atoms with E-state index in [1.165, 1.54) is 17.7 Å². The highest BCUT2D eigenvalue weighted by Crippen LogP contribution is 2.42. The summed E-state index contributed by atoms with van der Waals surface area (Å²) in [4.78, 5) is 91.8. The van der Waals surface area contributed by atoms with Gasteiger partial charge in [0.15, 0.2) is 0 Å². The van der Waals surface area contributed by atoms with E-state index in [0.717, 1.165) is 134 Å². The maximum atomic E-state index is 15.9. The smallest absolute Gasteiger partial charge is 0.246 e. The van der Waals surface area contributed by atoms with Crippen LogP contribution in [-0.4, -0.2) is 169 Å². The number of aromatic nitrogens is 2. The number of benzene rings is 2. The molecule has 3 aromatic rings. The number of aryl methyl sites for hydroxylation is 1. The van der Waals surface area contributed by atoms with Crippen molar-refractivity contribution in [3.63, 3.8) is 0 Å². The first-order valence-electron chi connectivity index (χ1n) is 31.2. The topological polar surface area (TPSA) is 191 Å². The van der Waals surface area contributed by atoms with E-state index in [1.807, 2.05) is 12.1 Å². The predicted octanol–water partition coefficient (Wildman–Crippen LogP) is 5.60. The molecule has 2 spiro atoms. The van der Waals surface area contributed by atoms with Gasteiger partial charge in [0.1, 0.15) is 41.7 Å². The number of anilines is 3. The zero-order valence-electron chi connectivity index (χ0n) is 49.5. The van der Waals surface area contributed by atoms with Crippen LogP contribution in [0.15, 0.2) is 48.8 Å². The summed E-state index contributed by atoms with van der Waals surface area (Å²) >= 11 is 0. The van der Waals surface area contributed by atoms with Crippen LogP contribution in [0.2, 0.25) is 0 Å². The van der Waals surface area contributed by atoms with Crippen molar-refractivity contribution in [1.29, 1.82) is 0 Å². The Labute approximate surface area is 489 Å². The normalized spacial score (nSPS) is 26.4. The Bertz CT molecular complexity index is 2850. The van der Waals surface area contributed by atoms with Gasteiger partial charge in [-0.1, -0.05) is 57.4 Å². The van der Waals surface area contributed by atoms with Crippen LogP contribution in [0.4, 0.5) is 26.1 Å². The third-order valence-corrected chi connectivity index (χ3v) is 20.4. The number of rotatable bonds is 16. The number of nitrogens with zero attached hydrogens (tertiary/aromatic N) is 8. The molecule has 2 aromatic carbocycles. The molecule has 11 rings (SSSR count). The lowest BCUT2D eigenvalue weighted by Gasteiger charge is -2.48. The van der Waals surface area contributed by atoms with Crippen LogP contribution in [0.3, 0.4) is 0 Å². The van der Waals surface area contributed by atoms with E-state index in [0.29, 0.717) is 51.1 Å². The van der Waals surface area contributed by atoms with Gasteiger partial charge in [-0.3, -0.25) is 28.9 Å². The number of carbonyl (C=O) groups excluding carboxylic acids is 5. The molecule has 8 aliphatic rings. The van der Waals surface area contributed by atoms with Gasteiger partial charge in [-0.25, -0.2) is 18.7 Å². The number of amides is 5. The summed E-state index contributed by atoms with van der Waals surface area (Å²) in [5.41, 5.74) is 2.54. The largest absolute Gasteiger partial charge is 0.357 e. The van der Waals surface area contributed by atoms with Crippen molar-refractivity contribution in [3.8, 4) is 0 Å². The number of fused-ring (bicyclic) bond motifs is 1. The minimum absolute atomic E-state index is 0.0336. The second-order valence-corrected chi connectivity index (χ2v) is 26.7. The fourth-order valence-electron chi connectivity index (χ4n) is 15.1. The van der Waals surface area contributed by atoms with Crippen molar-refractivity contribution in [2.75, 3.05) is 100 Å². The van der Waals surface area contributed by atoms with E-state index in [9.17, 15) is 24.0 Å². The van der Waals surface area contributed by atoms with Crippen molar-refractivity contribution in [3.05, 3.63) is 77.1 Å². The third kappa shape index (κ3) is 13.4. The Morgan fingerprint density at radius 3 is 2.28 bits per heavy atom. The molecule has 83 heavy (non-hydrogen) atoms. The highest BCUT2D eigenvalue weighted by atomic mass is 19.1. The molecule has 450 valence electrons. The van der Waals surface area contributed by atoms with Gasteiger partial charge in [0.25, 0.3) is 0 Å². The van der Waals surface area contributed by atoms with Crippen LogP contribution in [0.25, 0.3) is 0 Å². The monoisotopic (exact) mass is 1150 g/mol. The van der Waals surface area contributed by atoms with Crippen LogP contribution >= 0.6 is 0 Å². The van der Waals surface area contributed by atoms with E-state index >= 15 is 8.78 Å². The minimum atomic E-state index is -0.801. The molecule has 7 fully saturated rings. The Balaban J connectivity index is 0.675. The van der Waals surface area contributed by atoms with Crippen molar-refractivity contribution in [2.45, 2.75) is 166 Å². The number of piperidine rings is 2. The summed E-state index contributed by atoms with van der Waals surface area (Å²) in [5, 5.41) is 15.9. The van der Waals surface area contributed by atoms with E-state index in [2.05, 4.69) is 78.2 Å². The molecule has 1 unspecified atom stereocenters. The molecule has 5 N–H and O–H groups in total. The molecule has 2 aliphatic carbocycles. The highest BCUT2D eigenvalue weighted by Gasteiger charge is 2.48. The molecule has 6 atom stereocenters. The van der Waals surface area contributed by atoms with Gasteiger partial charge >= 0.3 is 0 Å². The zero-order chi connectivity index (χ0) is 58.0. The summed E-state index contributed by atoms with van der Waals surface area (Å²) in [6, 6.07) is 10.2. The molecule has 1 saturated carbocycles. The maximum absolute atomic E-state index is 15.9. The Morgan fingerprint density at radius 2 is 1.51 bits per heavy atom. The Hall–Kier alpha value is -5.99. The van der Waals surface area contributed by atoms with Crippen molar-refractivity contribution in [1.82, 2.24) is 51.3 Å². The fraction of sp³-hybridized carbons (Fsp3) is 0.667. The lowest BCUT2D eigenvalue weighted by molar-refractivity contribution is -0.143. The first kappa shape index (κ1) is 58.8. The van der Waals surface area contributed by atoms with E-state index in [-0.39, 0.29) is 83.9 Å². The predicted molar refractivity (Wildman–Crippen MR) is 315 cm³/mol. The second kappa shape index (κ2) is 24.9. The average molecular weight is 1150 g/mol. The number of nitrogens with one attached hydrogen (secondary N) is 5. The molecule has 20 heteroatoms. The molecular formula is C63H89F2N13O5. The van der Waals surface area contributed by atoms with Gasteiger partial charge in [0, 0.05) is 94.5 Å². The Morgan fingerprint density at radius 1 is 0.783 bits per heavy atom. The maximum Gasteiger partial charge on any atom is 0.246 e. The summed E-state index contributed by atoms with van der Waals surface area (Å²) in [7, 11) is 1.72. The minimum Gasteiger partial charge on any atom is -0.357 e. The van der Waals surface area contributed by atoms with Crippen LogP contribution in [-0.2, 0) is 36.9 Å². The molecule has 6 aliphatic heterocycles. The number of hydrogen-bond acceptors (Lipinski definition) is 13. The summed E-state index contributed by atoms with van der Waals surface area (Å²) in [6.07, 6.45) is 14.9. The molecule has 5 amide bonds. The van der Waals surface area contributed by atoms with Crippen molar-refractivity contribution in [2.24, 2.45) is 16.7 Å². The number of carbonyl (C=O) groups is 5. The van der Waals surface area contributed by atoms with Crippen molar-refractivity contribution >= 4 is 46.9 Å². The van der Waals surface area contributed by atoms with Crippen LogP contribution in [0, 0.1) is 28.4 Å². The van der Waals surface area contributed by atoms with Crippen LogP contribution in [0.5, 0.6) is 0 Å². The van der Waals surface area contributed by atoms with E-state index in [4.69, 9.17) is 9.97 Å². The molecular weight excluding hydrogens is 1060 g/mol. The lowest BCUT2D eigenvalue weighted by Crippen LogP contribution is -2.66. The molecule has 6 saturated heterocycles. The number of likely N-dealkylation sites (tertiary alicyclic amines) is 3. The third-order valence-electron chi connectivity index (χ3n) is 20.4. The number of halogens is 2. The standard InChI is InChI=1S/C63H89F2N13O5/c1-42(66-4)58(81)71-57(44-12-6-5-7-13-44)60(83)78-36-46(32-52(78)59(82)70-50-16-10-14-43-11-8-9-15-47(43)50)69-55(79)17-24-74-27-20-62(38-74)21-28-76(39-62)54-34-53(67-41-68-54)75-29-22-63(23-30-75)40-77(37-56(80)72-63)51-33-48(64)45(31-49(51)65)35-73-25-18-61(2,3)19-26-73/h8-9,11,15,31,33-34,41-42,44,46,50,52,57,66H,5-7,10,12-14,16-30,32,35-40H2,1-4H3,(H,69,79)(H,70,82)(H,71,81)(H,72,80)/t42-,46?,50-,52-,57-,62-/m0/s1. The SMILES string of the molecule is CN[C@@H](C)C(=O)N[C@H](C(=O)N1CC(NC(=O)CCN2CC[C@]3(CCN(c4cc(N5CCC6(CC5)CN(c5cc(F)c(CN7CCC(C)(C)CC7)cc5F)CC(=O)N6)ncn4)C3)C2)C[C@H]1C(=O)N[C@H]1CCCc2ccccc21)C1CCCCC1. The molecule has 0 radical (unpaired) electrons. The van der Waals surface area contributed by atoms with Crippen LogP contribution in [0.1, 0.15) is 140 Å². The number of hydrogen-bond donors (Lipinski definition) is 5. The fourth-order valence-corrected chi connectivity index (χ4v) is 15.1. The molecule has 18 nitrogen and oxygen atoms in total. The van der Waals surface area contributed by atoms with Gasteiger partial charge in [-0.05, 0) is 139 Å². The first-order chi connectivity index (χ1) is 39.9.